The number of hydrogen-bond acceptors (Lipinski definition) is 2. The first-order valence-corrected chi connectivity index (χ1v) is 1.91. The highest BCUT2D eigenvalue weighted by atomic mass is 19.3. The molecule has 0 aromatic rings. The summed E-state index contributed by atoms with van der Waals surface area (Å²) in [6.45, 7) is 0. The molecule has 0 aliphatic rings. The van der Waals surface area contributed by atoms with Crippen molar-refractivity contribution in [2.45, 2.75) is 18.8 Å². The number of nitrogens with two attached hydrogens (primary N) is 1. The lowest BCUT2D eigenvalue weighted by atomic mass is 10.4. The van der Waals surface area contributed by atoms with Crippen LogP contribution in [-0.4, -0.2) is 23.9 Å². The van der Waals surface area contributed by atoms with Crippen molar-refractivity contribution in [1.29, 1.82) is 0 Å². The maximum absolute atomic E-state index is 11.4. The summed E-state index contributed by atoms with van der Waals surface area (Å²) < 4.78 is 33.6. The molecule has 0 aliphatic heterocycles. The summed E-state index contributed by atoms with van der Waals surface area (Å²) in [5, 5.41) is 7.95. The molecule has 3 N–H and O–H groups in total. The highest BCUT2D eigenvalue weighted by Crippen LogP contribution is 2.03. The van der Waals surface area contributed by atoms with E-state index >= 15 is 0 Å². The Morgan fingerprint density at radius 3 is 1.62 bits per heavy atom. The van der Waals surface area contributed by atoms with Crippen molar-refractivity contribution in [1.82, 2.24) is 0 Å². The van der Waals surface area contributed by atoms with Crippen LogP contribution in [0.2, 0.25) is 0 Å². The summed E-state index contributed by atoms with van der Waals surface area (Å²) >= 11 is 0. The number of aliphatic hydroxyl groups excluding tert-OH is 1. The molecule has 5 heteroatoms. The van der Waals surface area contributed by atoms with Crippen LogP contribution >= 0.6 is 0 Å². The molecule has 2 nitrogen and oxygen atoms in total. The number of alkyl halides is 3. The quantitative estimate of drug-likeness (QED) is 0.510. The van der Waals surface area contributed by atoms with E-state index in [1.165, 1.54) is 0 Å². The van der Waals surface area contributed by atoms with Gasteiger partial charge in [0.2, 0.25) is 0 Å². The highest BCUT2D eigenvalue weighted by Gasteiger charge is 2.23. The molecule has 0 rings (SSSR count). The Morgan fingerprint density at radius 2 is 1.62 bits per heavy atom. The van der Waals surface area contributed by atoms with Gasteiger partial charge in [-0.1, -0.05) is 0 Å². The second-order valence-electron chi connectivity index (χ2n) is 1.27. The zero-order chi connectivity index (χ0) is 6.73. The number of rotatable bonds is 2. The molecule has 2 atom stereocenters. The second kappa shape index (κ2) is 2.88. The summed E-state index contributed by atoms with van der Waals surface area (Å²) in [5.41, 5.74) is 4.24. The SMILES string of the molecule is NC(F)C(O)C(F)F. The van der Waals surface area contributed by atoms with Gasteiger partial charge >= 0.3 is 0 Å². The molecular formula is C3H6F3NO. The molecular weight excluding hydrogens is 123 g/mol. The van der Waals surface area contributed by atoms with Crippen LogP contribution in [0, 0.1) is 0 Å². The molecule has 0 bridgehead atoms. The van der Waals surface area contributed by atoms with Gasteiger partial charge in [-0.2, -0.15) is 0 Å². The van der Waals surface area contributed by atoms with Crippen LogP contribution in [0.4, 0.5) is 13.2 Å². The van der Waals surface area contributed by atoms with E-state index in [4.69, 9.17) is 5.11 Å². The first kappa shape index (κ1) is 7.71. The lowest BCUT2D eigenvalue weighted by molar-refractivity contribution is -0.0465. The van der Waals surface area contributed by atoms with Crippen LogP contribution in [0.15, 0.2) is 0 Å². The maximum Gasteiger partial charge on any atom is 0.268 e. The second-order valence-corrected chi connectivity index (χ2v) is 1.27. The van der Waals surface area contributed by atoms with Gasteiger partial charge in [0, 0.05) is 0 Å². The monoisotopic (exact) mass is 129 g/mol. The molecule has 0 saturated carbocycles. The fourth-order valence-corrected chi connectivity index (χ4v) is 0.139. The molecule has 0 aromatic carbocycles. The summed E-state index contributed by atoms with van der Waals surface area (Å²) in [6.07, 6.45) is -7.81. The number of halogens is 3. The summed E-state index contributed by atoms with van der Waals surface area (Å²) in [4.78, 5) is 0. The van der Waals surface area contributed by atoms with Gasteiger partial charge in [-0.25, -0.2) is 13.2 Å². The van der Waals surface area contributed by atoms with Gasteiger partial charge in [0.1, 0.15) is 0 Å². The van der Waals surface area contributed by atoms with Crippen LogP contribution in [0.1, 0.15) is 0 Å². The molecule has 0 heterocycles. The van der Waals surface area contributed by atoms with Gasteiger partial charge < -0.3 is 5.11 Å². The van der Waals surface area contributed by atoms with Crippen LogP contribution in [0.5, 0.6) is 0 Å². The van der Waals surface area contributed by atoms with Crippen LogP contribution in [0.3, 0.4) is 0 Å². The summed E-state index contributed by atoms with van der Waals surface area (Å²) in [7, 11) is 0. The maximum atomic E-state index is 11.4. The fourth-order valence-electron chi connectivity index (χ4n) is 0.139. The van der Waals surface area contributed by atoms with Gasteiger partial charge in [0.05, 0.1) is 0 Å². The molecule has 0 spiro atoms. The predicted molar refractivity (Wildman–Crippen MR) is 21.1 cm³/mol. The van der Waals surface area contributed by atoms with E-state index in [9.17, 15) is 13.2 Å². The Morgan fingerprint density at radius 1 is 1.25 bits per heavy atom. The van der Waals surface area contributed by atoms with Crippen molar-refractivity contribution in [3.63, 3.8) is 0 Å². The molecule has 0 aromatic heterocycles. The topological polar surface area (TPSA) is 46.2 Å². The lowest BCUT2D eigenvalue weighted by Crippen LogP contribution is -2.35. The van der Waals surface area contributed by atoms with Crippen molar-refractivity contribution in [3.05, 3.63) is 0 Å². The summed E-state index contributed by atoms with van der Waals surface area (Å²) in [6, 6.07) is 0. The van der Waals surface area contributed by atoms with Crippen LogP contribution in [-0.2, 0) is 0 Å². The highest BCUT2D eigenvalue weighted by molar-refractivity contribution is 4.62. The van der Waals surface area contributed by atoms with Crippen molar-refractivity contribution >= 4 is 0 Å². The molecule has 0 saturated heterocycles. The van der Waals surface area contributed by atoms with Crippen molar-refractivity contribution in [2.75, 3.05) is 0 Å². The molecule has 2 unspecified atom stereocenters. The smallest absolute Gasteiger partial charge is 0.268 e. The Hall–Kier alpha value is -0.290. The van der Waals surface area contributed by atoms with Crippen molar-refractivity contribution < 1.29 is 18.3 Å². The third-order valence-electron chi connectivity index (χ3n) is 0.584. The average Bonchev–Trinajstić information content (AvgIpc) is 1.64. The average molecular weight is 129 g/mol. The zero-order valence-electron chi connectivity index (χ0n) is 3.89. The van der Waals surface area contributed by atoms with E-state index in [1.54, 1.807) is 0 Å². The minimum atomic E-state index is -3.10. The van der Waals surface area contributed by atoms with Crippen molar-refractivity contribution in [3.8, 4) is 0 Å². The lowest BCUT2D eigenvalue weighted by Gasteiger charge is -2.08. The standard InChI is InChI=1S/C3H6F3NO/c4-2(5)1(8)3(6)7/h1-3,8H,7H2. The minimum absolute atomic E-state index is 2.35. The Bertz CT molecular complexity index is 59.5. The zero-order valence-corrected chi connectivity index (χ0v) is 3.89. The summed E-state index contributed by atoms with van der Waals surface area (Å²) in [5.74, 6) is 0. The van der Waals surface area contributed by atoms with E-state index in [0.29, 0.717) is 0 Å². The van der Waals surface area contributed by atoms with Crippen LogP contribution < -0.4 is 5.73 Å². The van der Waals surface area contributed by atoms with Gasteiger partial charge in [-0.15, -0.1) is 0 Å². The van der Waals surface area contributed by atoms with Gasteiger partial charge in [-0.05, 0) is 0 Å². The Labute approximate surface area is 44.1 Å². The number of aliphatic hydroxyl groups is 1. The van der Waals surface area contributed by atoms with Gasteiger partial charge in [0.25, 0.3) is 6.43 Å². The first-order valence-electron chi connectivity index (χ1n) is 1.91. The Kier molecular flexibility index (Phi) is 2.78. The predicted octanol–water partition coefficient (Wildman–Crippen LogP) is -0.133. The third kappa shape index (κ3) is 2.13. The third-order valence-corrected chi connectivity index (χ3v) is 0.584. The van der Waals surface area contributed by atoms with E-state index < -0.39 is 18.8 Å². The molecule has 0 amide bonds. The molecule has 0 fully saturated rings. The molecule has 0 radical (unpaired) electrons. The fraction of sp³-hybridized carbons (Fsp3) is 1.00. The molecule has 8 heavy (non-hydrogen) atoms. The Balaban J connectivity index is 3.46. The minimum Gasteiger partial charge on any atom is -0.383 e. The largest absolute Gasteiger partial charge is 0.383 e. The normalized spacial score (nSPS) is 18.8. The molecule has 0 aliphatic carbocycles. The van der Waals surface area contributed by atoms with E-state index in [-0.39, 0.29) is 0 Å². The van der Waals surface area contributed by atoms with E-state index in [1.807, 2.05) is 0 Å². The first-order chi connectivity index (χ1) is 3.55. The van der Waals surface area contributed by atoms with Gasteiger partial charge in [0.15, 0.2) is 12.4 Å². The molecule has 50 valence electrons. The van der Waals surface area contributed by atoms with E-state index in [0.717, 1.165) is 0 Å². The van der Waals surface area contributed by atoms with Crippen molar-refractivity contribution in [2.24, 2.45) is 5.73 Å². The van der Waals surface area contributed by atoms with Crippen LogP contribution in [0.25, 0.3) is 0 Å². The number of hydrogen-bond donors (Lipinski definition) is 2. The van der Waals surface area contributed by atoms with E-state index in [2.05, 4.69) is 5.73 Å². The van der Waals surface area contributed by atoms with Gasteiger partial charge in [-0.3, -0.25) is 5.73 Å².